The van der Waals surface area contributed by atoms with Gasteiger partial charge in [-0.2, -0.15) is 10.2 Å². The largest absolute Gasteiger partial charge is 0.396 e. The Morgan fingerprint density at radius 2 is 1.81 bits per heavy atom. The third kappa shape index (κ3) is 2.26. The standard InChI is InChI=1S/C18H20N2O/c21-11-17-15-7-6-13-10-19-20-18(12-4-2-1-3-5-12)14(13)8-9-16(15)17/h1-5,10,15-17,21H,6-9,11H2/t15-,16+,17-/m1/s1. The zero-order valence-corrected chi connectivity index (χ0v) is 12.1. The van der Waals surface area contributed by atoms with Gasteiger partial charge < -0.3 is 5.11 Å². The zero-order chi connectivity index (χ0) is 14.2. The Balaban J connectivity index is 1.69. The summed E-state index contributed by atoms with van der Waals surface area (Å²) in [5, 5.41) is 18.1. The van der Waals surface area contributed by atoms with E-state index in [1.54, 1.807) is 0 Å². The molecule has 0 saturated heterocycles. The highest BCUT2D eigenvalue weighted by Gasteiger charge is 2.48. The Bertz CT molecular complexity index is 641. The van der Waals surface area contributed by atoms with Gasteiger partial charge in [-0.25, -0.2) is 0 Å². The molecular formula is C18H20N2O. The van der Waals surface area contributed by atoms with Crippen molar-refractivity contribution in [3.63, 3.8) is 0 Å². The lowest BCUT2D eigenvalue weighted by atomic mass is 9.92. The second-order valence-corrected chi connectivity index (χ2v) is 6.31. The van der Waals surface area contributed by atoms with Crippen LogP contribution in [0.5, 0.6) is 0 Å². The minimum Gasteiger partial charge on any atom is -0.396 e. The monoisotopic (exact) mass is 280 g/mol. The van der Waals surface area contributed by atoms with Gasteiger partial charge in [0.1, 0.15) is 0 Å². The molecule has 0 amide bonds. The number of aliphatic hydroxyl groups excluding tert-OH is 1. The molecule has 1 aromatic heterocycles. The van der Waals surface area contributed by atoms with Gasteiger partial charge in [0.05, 0.1) is 11.9 Å². The molecule has 21 heavy (non-hydrogen) atoms. The summed E-state index contributed by atoms with van der Waals surface area (Å²) >= 11 is 0. The smallest absolute Gasteiger partial charge is 0.0964 e. The van der Waals surface area contributed by atoms with E-state index in [0.29, 0.717) is 12.5 Å². The van der Waals surface area contributed by atoms with E-state index in [2.05, 4.69) is 34.5 Å². The first-order valence-electron chi connectivity index (χ1n) is 7.88. The van der Waals surface area contributed by atoms with Crippen molar-refractivity contribution in [1.29, 1.82) is 0 Å². The van der Waals surface area contributed by atoms with Crippen LogP contribution in [-0.2, 0) is 12.8 Å². The fourth-order valence-corrected chi connectivity index (χ4v) is 4.05. The molecule has 0 bridgehead atoms. The molecule has 3 heteroatoms. The third-order valence-corrected chi connectivity index (χ3v) is 5.29. The average Bonchev–Trinajstić information content (AvgIpc) is 3.20. The molecular weight excluding hydrogens is 260 g/mol. The van der Waals surface area contributed by atoms with Crippen LogP contribution >= 0.6 is 0 Å². The van der Waals surface area contributed by atoms with Gasteiger partial charge in [0.25, 0.3) is 0 Å². The highest BCUT2D eigenvalue weighted by Crippen LogP contribution is 2.52. The summed E-state index contributed by atoms with van der Waals surface area (Å²) < 4.78 is 0. The van der Waals surface area contributed by atoms with Crippen molar-refractivity contribution in [3.8, 4) is 11.3 Å². The molecule has 0 spiro atoms. The molecule has 2 aromatic rings. The van der Waals surface area contributed by atoms with E-state index in [9.17, 15) is 5.11 Å². The normalized spacial score (nSPS) is 27.2. The van der Waals surface area contributed by atoms with Crippen LogP contribution in [0.3, 0.4) is 0 Å². The molecule has 1 heterocycles. The number of aromatic nitrogens is 2. The SMILES string of the molecule is OC[C@H]1[C@H]2CCc3c(cnnc3-c3ccccc3)CC[C@@H]12. The molecule has 2 aliphatic carbocycles. The predicted molar refractivity (Wildman–Crippen MR) is 81.7 cm³/mol. The van der Waals surface area contributed by atoms with E-state index in [1.807, 2.05) is 12.3 Å². The average molecular weight is 280 g/mol. The van der Waals surface area contributed by atoms with Crippen molar-refractivity contribution in [2.75, 3.05) is 6.61 Å². The summed E-state index contributed by atoms with van der Waals surface area (Å²) in [6.07, 6.45) is 6.44. The molecule has 0 aliphatic heterocycles. The fraction of sp³-hybridized carbons (Fsp3) is 0.444. The number of aliphatic hydroxyl groups is 1. The van der Waals surface area contributed by atoms with Gasteiger partial charge in [-0.05, 0) is 54.6 Å². The van der Waals surface area contributed by atoms with Crippen LogP contribution in [0.4, 0.5) is 0 Å². The van der Waals surface area contributed by atoms with Gasteiger partial charge in [-0.15, -0.1) is 0 Å². The molecule has 4 rings (SSSR count). The van der Waals surface area contributed by atoms with Crippen molar-refractivity contribution in [2.24, 2.45) is 17.8 Å². The van der Waals surface area contributed by atoms with Crippen LogP contribution in [0.25, 0.3) is 11.3 Å². The van der Waals surface area contributed by atoms with Crippen molar-refractivity contribution >= 4 is 0 Å². The molecule has 1 saturated carbocycles. The highest BCUT2D eigenvalue weighted by atomic mass is 16.3. The fourth-order valence-electron chi connectivity index (χ4n) is 4.05. The van der Waals surface area contributed by atoms with Crippen LogP contribution < -0.4 is 0 Å². The van der Waals surface area contributed by atoms with Gasteiger partial charge in [0.15, 0.2) is 0 Å². The number of hydrogen-bond acceptors (Lipinski definition) is 3. The van der Waals surface area contributed by atoms with Crippen LogP contribution in [0.1, 0.15) is 24.0 Å². The van der Waals surface area contributed by atoms with E-state index in [0.717, 1.165) is 35.9 Å². The first kappa shape index (κ1) is 13.0. The maximum absolute atomic E-state index is 9.45. The van der Waals surface area contributed by atoms with Crippen LogP contribution in [0.2, 0.25) is 0 Å². The van der Waals surface area contributed by atoms with Crippen LogP contribution in [-0.4, -0.2) is 21.9 Å². The molecule has 2 aliphatic rings. The van der Waals surface area contributed by atoms with Crippen molar-refractivity contribution in [1.82, 2.24) is 10.2 Å². The Labute approximate surface area is 125 Å². The minimum absolute atomic E-state index is 0.355. The second-order valence-electron chi connectivity index (χ2n) is 6.31. The quantitative estimate of drug-likeness (QED) is 0.920. The predicted octanol–water partition coefficient (Wildman–Crippen LogP) is 2.88. The minimum atomic E-state index is 0.355. The topological polar surface area (TPSA) is 46.0 Å². The van der Waals surface area contributed by atoms with E-state index in [-0.39, 0.29) is 0 Å². The number of benzene rings is 1. The maximum atomic E-state index is 9.45. The Kier molecular flexibility index (Phi) is 3.23. The molecule has 3 atom stereocenters. The molecule has 0 radical (unpaired) electrons. The van der Waals surface area contributed by atoms with E-state index in [1.165, 1.54) is 24.0 Å². The Hall–Kier alpha value is -1.74. The Morgan fingerprint density at radius 1 is 1.05 bits per heavy atom. The first-order chi connectivity index (χ1) is 10.4. The zero-order valence-electron chi connectivity index (χ0n) is 12.1. The Morgan fingerprint density at radius 3 is 2.57 bits per heavy atom. The number of aryl methyl sites for hydroxylation is 1. The van der Waals surface area contributed by atoms with E-state index in [4.69, 9.17) is 0 Å². The summed E-state index contributed by atoms with van der Waals surface area (Å²) in [7, 11) is 0. The lowest BCUT2D eigenvalue weighted by Crippen LogP contribution is -2.06. The highest BCUT2D eigenvalue weighted by molar-refractivity contribution is 5.63. The van der Waals surface area contributed by atoms with Crippen LogP contribution in [0, 0.1) is 17.8 Å². The van der Waals surface area contributed by atoms with Gasteiger partial charge in [0, 0.05) is 12.2 Å². The first-order valence-corrected chi connectivity index (χ1v) is 7.88. The number of fused-ring (bicyclic) bond motifs is 2. The summed E-state index contributed by atoms with van der Waals surface area (Å²) in [6, 6.07) is 10.4. The van der Waals surface area contributed by atoms with E-state index >= 15 is 0 Å². The van der Waals surface area contributed by atoms with Gasteiger partial charge in [-0.1, -0.05) is 30.3 Å². The summed E-state index contributed by atoms with van der Waals surface area (Å²) in [5.74, 6) is 2.00. The van der Waals surface area contributed by atoms with Gasteiger partial charge >= 0.3 is 0 Å². The lowest BCUT2D eigenvalue weighted by Gasteiger charge is -2.15. The maximum Gasteiger partial charge on any atom is 0.0964 e. The second kappa shape index (κ2) is 5.23. The van der Waals surface area contributed by atoms with Gasteiger partial charge in [-0.3, -0.25) is 0 Å². The summed E-state index contributed by atoms with van der Waals surface area (Å²) in [5.41, 5.74) is 4.94. The molecule has 1 fully saturated rings. The van der Waals surface area contributed by atoms with Crippen molar-refractivity contribution in [2.45, 2.75) is 25.7 Å². The molecule has 1 N–H and O–H groups in total. The molecule has 1 aromatic carbocycles. The van der Waals surface area contributed by atoms with Crippen molar-refractivity contribution < 1.29 is 5.11 Å². The molecule has 108 valence electrons. The number of rotatable bonds is 2. The third-order valence-electron chi connectivity index (χ3n) is 5.29. The lowest BCUT2D eigenvalue weighted by molar-refractivity contribution is 0.262. The van der Waals surface area contributed by atoms with Crippen LogP contribution in [0.15, 0.2) is 36.5 Å². The van der Waals surface area contributed by atoms with E-state index < -0.39 is 0 Å². The summed E-state index contributed by atoms with van der Waals surface area (Å²) in [4.78, 5) is 0. The number of nitrogens with zero attached hydrogens (tertiary/aromatic N) is 2. The molecule has 0 unspecified atom stereocenters. The van der Waals surface area contributed by atoms with Gasteiger partial charge in [0.2, 0.25) is 0 Å². The number of hydrogen-bond donors (Lipinski definition) is 1. The summed E-state index contributed by atoms with van der Waals surface area (Å²) in [6.45, 7) is 0.355. The van der Waals surface area contributed by atoms with Crippen molar-refractivity contribution in [3.05, 3.63) is 47.7 Å². The molecule has 3 nitrogen and oxygen atoms in total.